The summed E-state index contributed by atoms with van der Waals surface area (Å²) < 4.78 is 12.6. The predicted molar refractivity (Wildman–Crippen MR) is 166 cm³/mol. The summed E-state index contributed by atoms with van der Waals surface area (Å²) in [5.41, 5.74) is 1.73. The summed E-state index contributed by atoms with van der Waals surface area (Å²) in [6.45, 7) is 5.49. The highest BCUT2D eigenvalue weighted by molar-refractivity contribution is 6.06. The highest BCUT2D eigenvalue weighted by Gasteiger charge is 2.72. The third-order valence-corrected chi connectivity index (χ3v) is 9.32. The zero-order chi connectivity index (χ0) is 31.9. The van der Waals surface area contributed by atoms with Gasteiger partial charge in [-0.05, 0) is 49.9 Å². The molecule has 45 heavy (non-hydrogen) atoms. The zero-order valence-corrected chi connectivity index (χ0v) is 25.7. The molecule has 2 aromatic carbocycles. The smallest absolute Gasteiger partial charge is 0.313 e. The summed E-state index contributed by atoms with van der Waals surface area (Å²) in [4.78, 5) is 58.9. The minimum absolute atomic E-state index is 0.134. The van der Waals surface area contributed by atoms with Crippen LogP contribution in [0.1, 0.15) is 42.5 Å². The largest absolute Gasteiger partial charge is 0.460 e. The van der Waals surface area contributed by atoms with Crippen molar-refractivity contribution in [3.63, 3.8) is 0 Å². The number of likely N-dealkylation sites (tertiary alicyclic amines) is 1. The summed E-state index contributed by atoms with van der Waals surface area (Å²) >= 11 is 0. The van der Waals surface area contributed by atoms with E-state index in [-0.39, 0.29) is 31.3 Å². The van der Waals surface area contributed by atoms with E-state index >= 15 is 0 Å². The van der Waals surface area contributed by atoms with Gasteiger partial charge < -0.3 is 29.7 Å². The van der Waals surface area contributed by atoms with Crippen LogP contribution >= 0.6 is 0 Å². The maximum atomic E-state index is 14.9. The van der Waals surface area contributed by atoms with Gasteiger partial charge in [-0.1, -0.05) is 66.8 Å². The van der Waals surface area contributed by atoms with Crippen LogP contribution in [0.4, 0.5) is 5.69 Å². The van der Waals surface area contributed by atoms with Gasteiger partial charge in [0.05, 0.1) is 31.2 Å². The van der Waals surface area contributed by atoms with Gasteiger partial charge in [0, 0.05) is 18.7 Å². The number of aliphatic hydroxyl groups is 1. The van der Waals surface area contributed by atoms with Crippen molar-refractivity contribution in [2.75, 3.05) is 24.6 Å². The number of hydrogen-bond acceptors (Lipinski definition) is 7. The van der Waals surface area contributed by atoms with Crippen molar-refractivity contribution in [2.24, 2.45) is 11.8 Å². The van der Waals surface area contributed by atoms with E-state index in [4.69, 9.17) is 9.47 Å². The molecule has 6 rings (SSSR count). The predicted octanol–water partition coefficient (Wildman–Crippen LogP) is 2.92. The summed E-state index contributed by atoms with van der Waals surface area (Å²) in [6, 6.07) is 12.9. The molecule has 10 heteroatoms. The number of esters is 1. The second kappa shape index (κ2) is 12.3. The quantitative estimate of drug-likeness (QED) is 0.401. The number of nitrogens with zero attached hydrogens (tertiary/aromatic N) is 2. The van der Waals surface area contributed by atoms with E-state index in [0.717, 1.165) is 11.1 Å². The molecular formula is C35H39N3O7. The van der Waals surface area contributed by atoms with E-state index in [9.17, 15) is 24.3 Å². The van der Waals surface area contributed by atoms with Gasteiger partial charge in [0.25, 0.3) is 5.91 Å². The SMILES string of the molecule is Cc1ccc(C)c(N2CC=C[C@]34O[C@@H]5/C=C\CCC(=O)NC[C@@H](C)OC(=O)[C@@H]5[C@H]3C(=O)N([C@H](CO)c3ccccc3)[C@@H]4C2=O)c1. The Balaban J connectivity index is 1.50. The maximum Gasteiger partial charge on any atom is 0.313 e. The lowest BCUT2D eigenvalue weighted by atomic mass is 9.78. The standard InChI is InChI=1S/C35H39N3O7/c1-21-14-15-22(2)25(18-21)37-17-9-16-35-30(29-27(45-35)12-7-8-13-28(40)36-19-23(3)44-34(29)43)32(41)38(31(35)33(37)42)26(20-39)24-10-5-4-6-11-24/h4-7,9-12,14-16,18,23,26-27,29-31,39H,8,13,17,19-20H2,1-3H3,(H,36,40)/b12-7-/t23-,26-,27-,29+,30+,31-,35+/m1/s1. The van der Waals surface area contributed by atoms with E-state index in [1.165, 1.54) is 4.90 Å². The third-order valence-electron chi connectivity index (χ3n) is 9.32. The highest BCUT2D eigenvalue weighted by atomic mass is 16.6. The number of nitrogens with one attached hydrogen (secondary N) is 1. The number of allylic oxidation sites excluding steroid dienone is 1. The number of aryl methyl sites for hydroxylation is 2. The van der Waals surface area contributed by atoms with Gasteiger partial charge in [0.15, 0.2) is 0 Å². The number of ether oxygens (including phenoxy) is 2. The fraction of sp³-hybridized carbons (Fsp3) is 0.429. The van der Waals surface area contributed by atoms with Crippen LogP contribution in [-0.2, 0) is 28.7 Å². The van der Waals surface area contributed by atoms with Crippen LogP contribution < -0.4 is 10.2 Å². The van der Waals surface area contributed by atoms with Crippen LogP contribution in [-0.4, -0.2) is 77.2 Å². The fourth-order valence-corrected chi connectivity index (χ4v) is 7.19. The van der Waals surface area contributed by atoms with Gasteiger partial charge in [-0.2, -0.15) is 0 Å². The van der Waals surface area contributed by atoms with Crippen molar-refractivity contribution in [3.8, 4) is 0 Å². The van der Waals surface area contributed by atoms with E-state index in [0.29, 0.717) is 17.7 Å². The van der Waals surface area contributed by atoms with Crippen LogP contribution in [0, 0.1) is 25.7 Å². The number of anilines is 1. The summed E-state index contributed by atoms with van der Waals surface area (Å²) in [6.07, 6.45) is 6.22. The number of rotatable bonds is 4. The van der Waals surface area contributed by atoms with Crippen molar-refractivity contribution in [2.45, 2.75) is 63.5 Å². The Morgan fingerprint density at radius 2 is 1.82 bits per heavy atom. The maximum absolute atomic E-state index is 14.9. The molecule has 0 aromatic heterocycles. The number of amides is 3. The van der Waals surface area contributed by atoms with Crippen molar-refractivity contribution < 1.29 is 33.8 Å². The molecule has 2 aromatic rings. The second-order valence-corrected chi connectivity index (χ2v) is 12.4. The zero-order valence-electron chi connectivity index (χ0n) is 25.7. The molecule has 4 heterocycles. The summed E-state index contributed by atoms with van der Waals surface area (Å²) in [7, 11) is 0. The third kappa shape index (κ3) is 5.36. The monoisotopic (exact) mass is 613 g/mol. The number of cyclic esters (lactones) is 1. The van der Waals surface area contributed by atoms with E-state index in [2.05, 4.69) is 5.32 Å². The molecule has 1 spiro atoms. The number of benzene rings is 2. The molecule has 10 nitrogen and oxygen atoms in total. The van der Waals surface area contributed by atoms with Crippen LogP contribution in [0.25, 0.3) is 0 Å². The van der Waals surface area contributed by atoms with Crippen LogP contribution in [0.15, 0.2) is 72.8 Å². The Labute approximate surface area is 262 Å². The van der Waals surface area contributed by atoms with Crippen molar-refractivity contribution in [1.29, 1.82) is 0 Å². The second-order valence-electron chi connectivity index (χ2n) is 12.4. The topological polar surface area (TPSA) is 125 Å². The Morgan fingerprint density at radius 3 is 2.58 bits per heavy atom. The highest BCUT2D eigenvalue weighted by Crippen LogP contribution is 2.55. The Kier molecular flexibility index (Phi) is 8.37. The van der Waals surface area contributed by atoms with Crippen molar-refractivity contribution >= 4 is 29.4 Å². The molecule has 0 radical (unpaired) electrons. The molecule has 4 aliphatic rings. The van der Waals surface area contributed by atoms with Gasteiger partial charge in [0.1, 0.15) is 23.7 Å². The number of hydrogen-bond donors (Lipinski definition) is 2. The van der Waals surface area contributed by atoms with Gasteiger partial charge >= 0.3 is 5.97 Å². The molecule has 2 fully saturated rings. The fourth-order valence-electron chi connectivity index (χ4n) is 7.19. The number of carbonyl (C=O) groups is 4. The lowest BCUT2D eigenvalue weighted by Crippen LogP contribution is -2.56. The molecule has 236 valence electrons. The average molecular weight is 614 g/mol. The van der Waals surface area contributed by atoms with Crippen LogP contribution in [0.3, 0.4) is 0 Å². The van der Waals surface area contributed by atoms with Gasteiger partial charge in [-0.25, -0.2) is 0 Å². The number of fused-ring (bicyclic) bond motifs is 2. The Hall–Kier alpha value is -4.28. The Bertz CT molecular complexity index is 1560. The summed E-state index contributed by atoms with van der Waals surface area (Å²) in [5, 5.41) is 13.5. The minimum Gasteiger partial charge on any atom is -0.460 e. The first-order chi connectivity index (χ1) is 21.7. The number of aliphatic hydroxyl groups excluding tert-OH is 1. The molecular weight excluding hydrogens is 574 g/mol. The van der Waals surface area contributed by atoms with Crippen LogP contribution in [0.2, 0.25) is 0 Å². The molecule has 7 atom stereocenters. The first-order valence-electron chi connectivity index (χ1n) is 15.5. The molecule has 0 unspecified atom stereocenters. The molecule has 0 saturated carbocycles. The van der Waals surface area contributed by atoms with Crippen molar-refractivity contribution in [3.05, 3.63) is 89.5 Å². The Morgan fingerprint density at radius 1 is 1.04 bits per heavy atom. The van der Waals surface area contributed by atoms with E-state index < -0.39 is 60.2 Å². The van der Waals surface area contributed by atoms with Crippen molar-refractivity contribution in [1.82, 2.24) is 10.2 Å². The molecule has 0 bridgehead atoms. The molecule has 4 aliphatic heterocycles. The summed E-state index contributed by atoms with van der Waals surface area (Å²) in [5.74, 6) is -3.77. The molecule has 2 N–H and O–H groups in total. The normalized spacial score (nSPS) is 31.5. The van der Waals surface area contributed by atoms with Gasteiger partial charge in [0.2, 0.25) is 11.8 Å². The molecule has 0 aliphatic carbocycles. The first kappa shape index (κ1) is 30.7. The molecule has 2 saturated heterocycles. The van der Waals surface area contributed by atoms with E-state index in [1.807, 2.05) is 56.3 Å². The van der Waals surface area contributed by atoms with Gasteiger partial charge in [-0.15, -0.1) is 0 Å². The minimum atomic E-state index is -1.51. The van der Waals surface area contributed by atoms with E-state index in [1.54, 1.807) is 42.2 Å². The average Bonchev–Trinajstić information content (AvgIpc) is 3.41. The van der Waals surface area contributed by atoms with Gasteiger partial charge in [-0.3, -0.25) is 19.2 Å². The lowest BCUT2D eigenvalue weighted by Gasteiger charge is -2.39. The lowest BCUT2D eigenvalue weighted by molar-refractivity contribution is -0.159. The first-order valence-corrected chi connectivity index (χ1v) is 15.5. The van der Waals surface area contributed by atoms with Crippen LogP contribution in [0.5, 0.6) is 0 Å². The number of carbonyl (C=O) groups excluding carboxylic acids is 4. The molecule has 3 amide bonds.